The molecule has 0 fully saturated rings. The summed E-state index contributed by atoms with van der Waals surface area (Å²) < 4.78 is 5.60. The first kappa shape index (κ1) is 15.1. The van der Waals surface area contributed by atoms with E-state index in [0.717, 1.165) is 6.54 Å². The molecular formula is C16H22N4O. The number of aryl methyl sites for hydroxylation is 1. The molecule has 1 aromatic heterocycles. The first-order chi connectivity index (χ1) is 9.97. The lowest BCUT2D eigenvalue weighted by atomic mass is 10.1. The normalized spacial score (nSPS) is 10.7. The summed E-state index contributed by atoms with van der Waals surface area (Å²) in [5, 5.41) is 0. The summed E-state index contributed by atoms with van der Waals surface area (Å²) in [6, 6.07) is 8.41. The predicted molar refractivity (Wildman–Crippen MR) is 85.5 cm³/mol. The maximum absolute atomic E-state index is 6.12. The Morgan fingerprint density at radius 3 is 2.48 bits per heavy atom. The van der Waals surface area contributed by atoms with E-state index >= 15 is 0 Å². The van der Waals surface area contributed by atoms with Crippen LogP contribution in [0.25, 0.3) is 0 Å². The van der Waals surface area contributed by atoms with Gasteiger partial charge in [-0.05, 0) is 26.3 Å². The molecule has 0 aliphatic heterocycles. The molecule has 1 aromatic carbocycles. The highest BCUT2D eigenvalue weighted by Crippen LogP contribution is 2.28. The van der Waals surface area contributed by atoms with Crippen LogP contribution in [-0.2, 0) is 6.54 Å². The van der Waals surface area contributed by atoms with Gasteiger partial charge < -0.3 is 15.4 Å². The lowest BCUT2D eigenvalue weighted by molar-refractivity contribution is 0.234. The van der Waals surface area contributed by atoms with Crippen LogP contribution >= 0.6 is 0 Å². The van der Waals surface area contributed by atoms with Crippen molar-refractivity contribution in [1.29, 1.82) is 0 Å². The van der Waals surface area contributed by atoms with E-state index in [2.05, 4.69) is 41.2 Å². The molecule has 5 heteroatoms. The molecule has 0 saturated heterocycles. The van der Waals surface area contributed by atoms with Crippen molar-refractivity contribution in [3.63, 3.8) is 0 Å². The molecule has 5 nitrogen and oxygen atoms in total. The lowest BCUT2D eigenvalue weighted by Crippen LogP contribution is -2.20. The number of benzene rings is 1. The van der Waals surface area contributed by atoms with Crippen molar-refractivity contribution < 1.29 is 4.74 Å². The number of anilines is 2. The molecule has 0 radical (unpaired) electrons. The van der Waals surface area contributed by atoms with Gasteiger partial charge in [0, 0.05) is 13.6 Å². The maximum Gasteiger partial charge on any atom is 0.242 e. The molecule has 2 N–H and O–H groups in total. The fourth-order valence-corrected chi connectivity index (χ4v) is 2.03. The van der Waals surface area contributed by atoms with Crippen molar-refractivity contribution in [1.82, 2.24) is 9.97 Å². The number of aromatic nitrogens is 2. The van der Waals surface area contributed by atoms with Crippen LogP contribution < -0.4 is 15.4 Å². The highest BCUT2D eigenvalue weighted by molar-refractivity contribution is 5.67. The zero-order chi connectivity index (χ0) is 15.4. The van der Waals surface area contributed by atoms with Gasteiger partial charge in [0.25, 0.3) is 0 Å². The smallest absolute Gasteiger partial charge is 0.242 e. The van der Waals surface area contributed by atoms with Gasteiger partial charge in [-0.2, -0.15) is 4.98 Å². The van der Waals surface area contributed by atoms with Crippen LogP contribution in [0.4, 0.5) is 11.5 Å². The Morgan fingerprint density at radius 2 is 1.86 bits per heavy atom. The fourth-order valence-electron chi connectivity index (χ4n) is 2.03. The fraction of sp³-hybridized carbons (Fsp3) is 0.375. The van der Waals surface area contributed by atoms with Crippen LogP contribution in [0.5, 0.6) is 5.88 Å². The van der Waals surface area contributed by atoms with E-state index in [-0.39, 0.29) is 6.10 Å². The van der Waals surface area contributed by atoms with Crippen molar-refractivity contribution in [2.24, 2.45) is 0 Å². The monoisotopic (exact) mass is 286 g/mol. The van der Waals surface area contributed by atoms with Crippen LogP contribution in [0.1, 0.15) is 25.0 Å². The molecule has 112 valence electrons. The Labute approximate surface area is 125 Å². The van der Waals surface area contributed by atoms with Crippen LogP contribution in [-0.4, -0.2) is 23.1 Å². The zero-order valence-electron chi connectivity index (χ0n) is 13.0. The number of nitrogens with zero attached hydrogens (tertiary/aromatic N) is 3. The van der Waals surface area contributed by atoms with E-state index in [4.69, 9.17) is 10.5 Å². The van der Waals surface area contributed by atoms with Gasteiger partial charge in [0.15, 0.2) is 5.82 Å². The third-order valence-electron chi connectivity index (χ3n) is 3.08. The molecule has 0 amide bonds. The predicted octanol–water partition coefficient (Wildman–Crippen LogP) is 2.79. The molecule has 2 rings (SSSR count). The van der Waals surface area contributed by atoms with Crippen LogP contribution in [0.3, 0.4) is 0 Å². The minimum atomic E-state index is 0.0254. The van der Waals surface area contributed by atoms with Gasteiger partial charge in [-0.15, -0.1) is 0 Å². The van der Waals surface area contributed by atoms with Crippen molar-refractivity contribution in [3.05, 3.63) is 41.7 Å². The second-order valence-electron chi connectivity index (χ2n) is 5.42. The van der Waals surface area contributed by atoms with Gasteiger partial charge in [-0.3, -0.25) is 0 Å². The van der Waals surface area contributed by atoms with E-state index in [0.29, 0.717) is 17.4 Å². The minimum Gasteiger partial charge on any atom is -0.473 e. The maximum atomic E-state index is 6.12. The number of nitrogens with two attached hydrogens (primary N) is 1. The number of hydrogen-bond acceptors (Lipinski definition) is 5. The first-order valence-electron chi connectivity index (χ1n) is 7.01. The van der Waals surface area contributed by atoms with Gasteiger partial charge in [0.1, 0.15) is 12.0 Å². The summed E-state index contributed by atoms with van der Waals surface area (Å²) in [6.45, 7) is 6.68. The Morgan fingerprint density at radius 1 is 1.19 bits per heavy atom. The van der Waals surface area contributed by atoms with Gasteiger partial charge in [0.05, 0.1) is 6.10 Å². The molecule has 0 saturated carbocycles. The zero-order valence-corrected chi connectivity index (χ0v) is 13.0. The van der Waals surface area contributed by atoms with E-state index in [9.17, 15) is 0 Å². The summed E-state index contributed by atoms with van der Waals surface area (Å²) in [6.07, 6.45) is 1.51. The molecule has 0 spiro atoms. The molecule has 0 aliphatic rings. The van der Waals surface area contributed by atoms with E-state index in [1.807, 2.05) is 25.8 Å². The van der Waals surface area contributed by atoms with Crippen molar-refractivity contribution in [3.8, 4) is 5.88 Å². The Hall–Kier alpha value is -2.30. The van der Waals surface area contributed by atoms with Gasteiger partial charge in [-0.1, -0.05) is 29.8 Å². The number of rotatable bonds is 5. The Bertz CT molecular complexity index is 596. The minimum absolute atomic E-state index is 0.0254. The second kappa shape index (κ2) is 6.43. The number of nitrogen functional groups attached to an aromatic ring is 1. The molecule has 2 aromatic rings. The second-order valence-corrected chi connectivity index (χ2v) is 5.42. The average Bonchev–Trinajstić information content (AvgIpc) is 2.43. The SMILES string of the molecule is Cc1ccc(CN(C)c2ncnc(OC(C)C)c2N)cc1. The molecule has 0 unspecified atom stereocenters. The summed E-state index contributed by atoms with van der Waals surface area (Å²) in [5.74, 6) is 1.12. The van der Waals surface area contributed by atoms with Gasteiger partial charge in [-0.25, -0.2) is 4.98 Å². The number of hydrogen-bond donors (Lipinski definition) is 1. The molecule has 1 heterocycles. The first-order valence-corrected chi connectivity index (χ1v) is 7.01. The highest BCUT2D eigenvalue weighted by atomic mass is 16.5. The van der Waals surface area contributed by atoms with Crippen LogP contribution in [0.15, 0.2) is 30.6 Å². The van der Waals surface area contributed by atoms with Crippen LogP contribution in [0.2, 0.25) is 0 Å². The van der Waals surface area contributed by atoms with Gasteiger partial charge >= 0.3 is 0 Å². The van der Waals surface area contributed by atoms with Crippen LogP contribution in [0, 0.1) is 6.92 Å². The summed E-state index contributed by atoms with van der Waals surface area (Å²) in [4.78, 5) is 10.4. The summed E-state index contributed by atoms with van der Waals surface area (Å²) >= 11 is 0. The lowest BCUT2D eigenvalue weighted by Gasteiger charge is -2.21. The Kier molecular flexibility index (Phi) is 4.62. The van der Waals surface area contributed by atoms with E-state index in [1.54, 1.807) is 0 Å². The van der Waals surface area contributed by atoms with Gasteiger partial charge in [0.2, 0.25) is 5.88 Å². The third kappa shape index (κ3) is 3.84. The van der Waals surface area contributed by atoms with Crippen molar-refractivity contribution >= 4 is 11.5 Å². The molecule has 0 bridgehead atoms. The van der Waals surface area contributed by atoms with E-state index < -0.39 is 0 Å². The largest absolute Gasteiger partial charge is 0.473 e. The molecule has 0 aliphatic carbocycles. The standard InChI is InChI=1S/C16H22N4O/c1-11(2)21-16-14(17)15(18-10-19-16)20(4)9-13-7-5-12(3)6-8-13/h5-8,10-11H,9,17H2,1-4H3. The quantitative estimate of drug-likeness (QED) is 0.915. The molecule has 0 atom stereocenters. The third-order valence-corrected chi connectivity index (χ3v) is 3.08. The molecular weight excluding hydrogens is 264 g/mol. The van der Waals surface area contributed by atoms with E-state index in [1.165, 1.54) is 17.5 Å². The molecule has 21 heavy (non-hydrogen) atoms. The summed E-state index contributed by atoms with van der Waals surface area (Å²) in [7, 11) is 1.96. The topological polar surface area (TPSA) is 64.3 Å². The average molecular weight is 286 g/mol. The highest BCUT2D eigenvalue weighted by Gasteiger charge is 2.14. The Balaban J connectivity index is 2.18. The van der Waals surface area contributed by atoms with Crippen molar-refractivity contribution in [2.75, 3.05) is 17.7 Å². The summed E-state index contributed by atoms with van der Waals surface area (Å²) in [5.41, 5.74) is 9.04. The van der Waals surface area contributed by atoms with Crippen molar-refractivity contribution in [2.45, 2.75) is 33.4 Å². The number of ether oxygens (including phenoxy) is 1.